The second-order valence-electron chi connectivity index (χ2n) is 11.2. The van der Waals surface area contributed by atoms with Crippen LogP contribution in [0.5, 0.6) is 5.75 Å². The Balaban J connectivity index is 1.34. The fourth-order valence-corrected chi connectivity index (χ4v) is 5.18. The fourth-order valence-electron chi connectivity index (χ4n) is 5.18. The Kier molecular flexibility index (Phi) is 7.97. The van der Waals surface area contributed by atoms with Gasteiger partial charge in [0.05, 0.1) is 11.9 Å². The minimum Gasteiger partial charge on any atom is -0.467 e. The van der Waals surface area contributed by atoms with Crippen molar-refractivity contribution < 1.29 is 14.2 Å². The molecule has 0 radical (unpaired) electrons. The van der Waals surface area contributed by atoms with Gasteiger partial charge in [-0.15, -0.1) is 10.2 Å². The molecule has 2 aliphatic heterocycles. The number of hydrogen-bond donors (Lipinski definition) is 0. The van der Waals surface area contributed by atoms with E-state index in [0.717, 1.165) is 73.6 Å². The van der Waals surface area contributed by atoms with Crippen molar-refractivity contribution in [3.8, 4) is 28.1 Å². The van der Waals surface area contributed by atoms with E-state index < -0.39 is 0 Å². The predicted molar refractivity (Wildman–Crippen MR) is 148 cm³/mol. The molecule has 9 nitrogen and oxygen atoms in total. The molecular weight excluding hydrogens is 480 g/mol. The van der Waals surface area contributed by atoms with Crippen LogP contribution in [0.15, 0.2) is 42.7 Å². The minimum atomic E-state index is 0.00882. The van der Waals surface area contributed by atoms with Gasteiger partial charge >= 0.3 is 0 Å². The molecule has 2 aliphatic rings. The van der Waals surface area contributed by atoms with E-state index in [2.05, 4.69) is 65.0 Å². The van der Waals surface area contributed by atoms with Crippen molar-refractivity contribution in [2.75, 3.05) is 45.5 Å². The van der Waals surface area contributed by atoms with E-state index in [4.69, 9.17) is 14.2 Å². The molecule has 1 unspecified atom stereocenters. The van der Waals surface area contributed by atoms with Crippen molar-refractivity contribution in [1.29, 1.82) is 0 Å². The Morgan fingerprint density at radius 2 is 1.95 bits per heavy atom. The van der Waals surface area contributed by atoms with Gasteiger partial charge in [0, 0.05) is 55.7 Å². The monoisotopic (exact) mass is 520 g/mol. The molecule has 0 spiro atoms. The summed E-state index contributed by atoms with van der Waals surface area (Å²) in [5.74, 6) is 1.60. The third-order valence-corrected chi connectivity index (χ3v) is 7.72. The molecular formula is C29H40N6O3. The smallest absolute Gasteiger partial charge is 0.188 e. The van der Waals surface area contributed by atoms with Gasteiger partial charge in [-0.2, -0.15) is 5.10 Å². The van der Waals surface area contributed by atoms with E-state index in [-0.39, 0.29) is 18.6 Å². The number of methoxy groups -OCH3 is 1. The summed E-state index contributed by atoms with van der Waals surface area (Å²) in [7, 11) is 3.83. The Labute approximate surface area is 225 Å². The van der Waals surface area contributed by atoms with E-state index >= 15 is 0 Å². The Bertz CT molecular complexity index is 1200. The second-order valence-corrected chi connectivity index (χ2v) is 11.2. The average molecular weight is 521 g/mol. The van der Waals surface area contributed by atoms with E-state index in [1.807, 2.05) is 35.3 Å². The van der Waals surface area contributed by atoms with Crippen molar-refractivity contribution in [3.63, 3.8) is 0 Å². The summed E-state index contributed by atoms with van der Waals surface area (Å²) in [4.78, 5) is 4.78. The summed E-state index contributed by atoms with van der Waals surface area (Å²) in [6.07, 6.45) is 8.31. The molecule has 0 aliphatic carbocycles. The summed E-state index contributed by atoms with van der Waals surface area (Å²) in [6, 6.07) is 10.7. The van der Waals surface area contributed by atoms with Crippen LogP contribution in [0.3, 0.4) is 0 Å². The van der Waals surface area contributed by atoms with Gasteiger partial charge in [0.25, 0.3) is 0 Å². The highest BCUT2D eigenvalue weighted by Crippen LogP contribution is 2.35. The van der Waals surface area contributed by atoms with Crippen LogP contribution in [0.4, 0.5) is 5.82 Å². The van der Waals surface area contributed by atoms with Gasteiger partial charge in [0.15, 0.2) is 12.6 Å². The van der Waals surface area contributed by atoms with Gasteiger partial charge in [-0.25, -0.2) is 4.68 Å². The van der Waals surface area contributed by atoms with Gasteiger partial charge in [-0.1, -0.05) is 6.07 Å². The van der Waals surface area contributed by atoms with E-state index in [9.17, 15) is 0 Å². The maximum absolute atomic E-state index is 5.97. The van der Waals surface area contributed by atoms with Gasteiger partial charge in [-0.3, -0.25) is 4.90 Å². The molecule has 0 saturated carbocycles. The molecule has 3 aromatic rings. The molecule has 9 heteroatoms. The molecule has 38 heavy (non-hydrogen) atoms. The highest BCUT2D eigenvalue weighted by Gasteiger charge is 2.32. The summed E-state index contributed by atoms with van der Waals surface area (Å²) < 4.78 is 19.0. The van der Waals surface area contributed by atoms with Crippen molar-refractivity contribution in [2.24, 2.45) is 0 Å². The molecule has 1 aromatic carbocycles. The first kappa shape index (κ1) is 26.6. The van der Waals surface area contributed by atoms with Crippen molar-refractivity contribution in [1.82, 2.24) is 24.9 Å². The lowest BCUT2D eigenvalue weighted by molar-refractivity contribution is -0.0394. The van der Waals surface area contributed by atoms with Crippen molar-refractivity contribution in [2.45, 2.75) is 64.3 Å². The summed E-state index contributed by atoms with van der Waals surface area (Å²) >= 11 is 0. The van der Waals surface area contributed by atoms with Crippen LogP contribution in [0, 0.1) is 0 Å². The SMILES string of the molecule is COCOc1cc(-c2cnn(C3CCCCO3)c2)ccc1-c1ccc(N2CC[C@@H](N(C)C(C)(C)C)C2)nn1. The third-order valence-electron chi connectivity index (χ3n) is 7.72. The predicted octanol–water partition coefficient (Wildman–Crippen LogP) is 5.00. The molecule has 204 valence electrons. The second kappa shape index (κ2) is 11.4. The molecule has 2 atom stereocenters. The molecule has 0 N–H and O–H groups in total. The lowest BCUT2D eigenvalue weighted by atomic mass is 10.0. The highest BCUT2D eigenvalue weighted by molar-refractivity contribution is 5.74. The van der Waals surface area contributed by atoms with Gasteiger partial charge in [0.2, 0.25) is 0 Å². The van der Waals surface area contributed by atoms with Crippen LogP contribution in [-0.4, -0.2) is 77.1 Å². The van der Waals surface area contributed by atoms with E-state index in [0.29, 0.717) is 11.8 Å². The molecule has 2 aromatic heterocycles. The average Bonchev–Trinajstić information content (AvgIpc) is 3.62. The molecule has 5 rings (SSSR count). The van der Waals surface area contributed by atoms with Gasteiger partial charge in [-0.05, 0) is 83.3 Å². The molecule has 2 saturated heterocycles. The quantitative estimate of drug-likeness (QED) is 0.384. The number of likely N-dealkylation sites (N-methyl/N-ethyl adjacent to an activating group) is 1. The topological polar surface area (TPSA) is 77.8 Å². The van der Waals surface area contributed by atoms with Crippen molar-refractivity contribution >= 4 is 5.82 Å². The summed E-state index contributed by atoms with van der Waals surface area (Å²) in [6.45, 7) is 9.65. The maximum Gasteiger partial charge on any atom is 0.188 e. The molecule has 0 amide bonds. The molecule has 2 fully saturated rings. The van der Waals surface area contributed by atoms with Crippen LogP contribution < -0.4 is 9.64 Å². The van der Waals surface area contributed by atoms with Crippen LogP contribution in [0.25, 0.3) is 22.4 Å². The standard InChI is InChI=1S/C29H40N6O3/c1-29(2,3)33(4)23-13-14-34(19-23)27-12-11-25(31-32-27)24-10-9-21(16-26(24)38-20-36-5)22-17-30-35(18-22)28-8-6-7-15-37-28/h9-12,16-18,23,28H,6-8,13-15,19-20H2,1-5H3/t23-,28?/m1/s1. The highest BCUT2D eigenvalue weighted by atomic mass is 16.7. The zero-order valence-corrected chi connectivity index (χ0v) is 23.3. The van der Waals surface area contributed by atoms with E-state index in [1.165, 1.54) is 0 Å². The van der Waals surface area contributed by atoms with Crippen LogP contribution in [-0.2, 0) is 9.47 Å². The normalized spacial score (nSPS) is 20.3. The first-order valence-corrected chi connectivity index (χ1v) is 13.6. The Morgan fingerprint density at radius 1 is 1.08 bits per heavy atom. The third kappa shape index (κ3) is 5.85. The van der Waals surface area contributed by atoms with Crippen LogP contribution >= 0.6 is 0 Å². The van der Waals surface area contributed by atoms with Gasteiger partial charge < -0.3 is 19.1 Å². The first-order chi connectivity index (χ1) is 18.3. The zero-order chi connectivity index (χ0) is 26.7. The van der Waals surface area contributed by atoms with Crippen LogP contribution in [0.2, 0.25) is 0 Å². The number of benzene rings is 1. The number of hydrogen-bond acceptors (Lipinski definition) is 8. The minimum absolute atomic E-state index is 0.00882. The number of nitrogens with zero attached hydrogens (tertiary/aromatic N) is 6. The Morgan fingerprint density at radius 3 is 2.66 bits per heavy atom. The zero-order valence-electron chi connectivity index (χ0n) is 23.3. The molecule has 4 heterocycles. The number of ether oxygens (including phenoxy) is 3. The number of aromatic nitrogens is 4. The van der Waals surface area contributed by atoms with E-state index in [1.54, 1.807) is 7.11 Å². The first-order valence-electron chi connectivity index (χ1n) is 13.6. The lowest BCUT2D eigenvalue weighted by Gasteiger charge is -2.36. The summed E-state index contributed by atoms with van der Waals surface area (Å²) in [5.41, 5.74) is 3.80. The Hall–Kier alpha value is -3.01. The lowest BCUT2D eigenvalue weighted by Crippen LogP contribution is -2.46. The largest absolute Gasteiger partial charge is 0.467 e. The van der Waals surface area contributed by atoms with Gasteiger partial charge in [0.1, 0.15) is 12.0 Å². The summed E-state index contributed by atoms with van der Waals surface area (Å²) in [5, 5.41) is 13.7. The number of anilines is 1. The molecule has 0 bridgehead atoms. The number of rotatable bonds is 8. The fraction of sp³-hybridized carbons (Fsp3) is 0.552. The van der Waals surface area contributed by atoms with Crippen LogP contribution in [0.1, 0.15) is 52.7 Å². The maximum atomic E-state index is 5.97. The van der Waals surface area contributed by atoms with Crippen molar-refractivity contribution in [3.05, 3.63) is 42.7 Å².